The van der Waals surface area contributed by atoms with Crippen molar-refractivity contribution in [2.45, 2.75) is 39.7 Å². The molecule has 1 saturated heterocycles. The third-order valence-electron chi connectivity index (χ3n) is 2.90. The van der Waals surface area contributed by atoms with Crippen LogP contribution in [0.2, 0.25) is 0 Å². The summed E-state index contributed by atoms with van der Waals surface area (Å²) in [6, 6.07) is 0. The topological polar surface area (TPSA) is 81.7 Å². The second-order valence-corrected chi connectivity index (χ2v) is 4.86. The van der Waals surface area contributed by atoms with E-state index in [4.69, 9.17) is 9.47 Å². The highest BCUT2D eigenvalue weighted by Crippen LogP contribution is 2.37. The number of nitrogens with one attached hydrogen (secondary N) is 1. The SMILES string of the molecule is CCOC(=O)C1(C(=O)OCC)CC(C)(C)C(=O)N1. The second-order valence-electron chi connectivity index (χ2n) is 4.86. The van der Waals surface area contributed by atoms with Gasteiger partial charge in [-0.25, -0.2) is 9.59 Å². The zero-order valence-electron chi connectivity index (χ0n) is 11.2. The van der Waals surface area contributed by atoms with E-state index in [2.05, 4.69) is 5.32 Å². The fraction of sp³-hybridized carbons (Fsp3) is 0.750. The van der Waals surface area contributed by atoms with Crippen LogP contribution in [0.15, 0.2) is 0 Å². The summed E-state index contributed by atoms with van der Waals surface area (Å²) in [5, 5.41) is 2.44. The third kappa shape index (κ3) is 2.32. The summed E-state index contributed by atoms with van der Waals surface area (Å²) in [4.78, 5) is 35.8. The van der Waals surface area contributed by atoms with Crippen molar-refractivity contribution in [2.24, 2.45) is 5.41 Å². The fourth-order valence-electron chi connectivity index (χ4n) is 1.99. The van der Waals surface area contributed by atoms with E-state index in [9.17, 15) is 14.4 Å². The summed E-state index contributed by atoms with van der Waals surface area (Å²) in [7, 11) is 0. The van der Waals surface area contributed by atoms with Crippen molar-refractivity contribution in [3.8, 4) is 0 Å². The predicted octanol–water partition coefficient (Wildman–Crippen LogP) is 0.397. The molecule has 0 aromatic carbocycles. The van der Waals surface area contributed by atoms with Gasteiger partial charge in [-0.15, -0.1) is 0 Å². The molecule has 1 fully saturated rings. The van der Waals surface area contributed by atoms with E-state index in [1.165, 1.54) is 0 Å². The Bertz CT molecular complexity index is 357. The van der Waals surface area contributed by atoms with Crippen molar-refractivity contribution < 1.29 is 23.9 Å². The third-order valence-corrected chi connectivity index (χ3v) is 2.90. The van der Waals surface area contributed by atoms with Crippen LogP contribution in [0, 0.1) is 5.41 Å². The molecule has 0 aromatic heterocycles. The summed E-state index contributed by atoms with van der Waals surface area (Å²) >= 11 is 0. The predicted molar refractivity (Wildman–Crippen MR) is 62.5 cm³/mol. The number of esters is 2. The maximum atomic E-state index is 12.0. The molecule has 0 atom stereocenters. The average Bonchev–Trinajstić information content (AvgIpc) is 2.52. The zero-order valence-corrected chi connectivity index (χ0v) is 11.2. The van der Waals surface area contributed by atoms with Crippen molar-refractivity contribution >= 4 is 17.8 Å². The van der Waals surface area contributed by atoms with Crippen molar-refractivity contribution in [2.75, 3.05) is 13.2 Å². The minimum absolute atomic E-state index is 0.0382. The summed E-state index contributed by atoms with van der Waals surface area (Å²) in [5.41, 5.74) is -2.51. The molecule has 1 rings (SSSR count). The smallest absolute Gasteiger partial charge is 0.343 e. The molecule has 1 aliphatic rings. The first-order valence-corrected chi connectivity index (χ1v) is 5.97. The van der Waals surface area contributed by atoms with Gasteiger partial charge in [0.25, 0.3) is 0 Å². The summed E-state index contributed by atoms with van der Waals surface area (Å²) in [5.74, 6) is -1.88. The molecule has 0 spiro atoms. The van der Waals surface area contributed by atoms with Gasteiger partial charge in [-0.2, -0.15) is 0 Å². The number of hydrogen-bond acceptors (Lipinski definition) is 5. The Balaban J connectivity index is 3.09. The Labute approximate surface area is 106 Å². The van der Waals surface area contributed by atoms with Gasteiger partial charge in [-0.1, -0.05) is 13.8 Å². The van der Waals surface area contributed by atoms with Gasteiger partial charge in [-0.05, 0) is 13.8 Å². The average molecular weight is 257 g/mol. The minimum Gasteiger partial charge on any atom is -0.464 e. The van der Waals surface area contributed by atoms with E-state index in [1.54, 1.807) is 27.7 Å². The van der Waals surface area contributed by atoms with E-state index in [1.807, 2.05) is 0 Å². The van der Waals surface area contributed by atoms with Crippen LogP contribution in [0.25, 0.3) is 0 Å². The number of carbonyl (C=O) groups is 3. The molecule has 1 heterocycles. The van der Waals surface area contributed by atoms with Gasteiger partial charge >= 0.3 is 11.9 Å². The molecule has 102 valence electrons. The number of rotatable bonds is 4. The largest absolute Gasteiger partial charge is 0.464 e. The number of amides is 1. The van der Waals surface area contributed by atoms with Crippen molar-refractivity contribution in [3.05, 3.63) is 0 Å². The summed E-state index contributed by atoms with van der Waals surface area (Å²) in [6.45, 7) is 6.88. The Hall–Kier alpha value is -1.59. The maximum Gasteiger partial charge on any atom is 0.343 e. The lowest BCUT2D eigenvalue weighted by Crippen LogP contribution is -2.57. The lowest BCUT2D eigenvalue weighted by molar-refractivity contribution is -0.166. The van der Waals surface area contributed by atoms with E-state index in [0.29, 0.717) is 0 Å². The number of hydrogen-bond donors (Lipinski definition) is 1. The molecule has 1 amide bonds. The van der Waals surface area contributed by atoms with Crippen LogP contribution in [0.4, 0.5) is 0 Å². The van der Waals surface area contributed by atoms with Crippen LogP contribution < -0.4 is 5.32 Å². The maximum absolute atomic E-state index is 12.0. The van der Waals surface area contributed by atoms with Crippen LogP contribution in [-0.2, 0) is 23.9 Å². The highest BCUT2D eigenvalue weighted by atomic mass is 16.6. The van der Waals surface area contributed by atoms with Gasteiger partial charge in [0.2, 0.25) is 11.4 Å². The Morgan fingerprint density at radius 1 is 1.17 bits per heavy atom. The molecule has 1 aliphatic heterocycles. The van der Waals surface area contributed by atoms with Crippen LogP contribution in [0.1, 0.15) is 34.1 Å². The first kappa shape index (κ1) is 14.5. The molecule has 0 unspecified atom stereocenters. The first-order valence-electron chi connectivity index (χ1n) is 5.97. The molecule has 6 heteroatoms. The van der Waals surface area contributed by atoms with Crippen LogP contribution in [-0.4, -0.2) is 36.6 Å². The first-order chi connectivity index (χ1) is 8.30. The lowest BCUT2D eigenvalue weighted by Gasteiger charge is -2.24. The molecule has 1 N–H and O–H groups in total. The standard InChI is InChI=1S/C12H19NO5/c1-5-17-9(15)12(10(16)18-6-2)7-11(3,4)8(14)13-12/h5-7H2,1-4H3,(H,13,14). The molecule has 0 aliphatic carbocycles. The highest BCUT2D eigenvalue weighted by Gasteiger charge is 2.60. The highest BCUT2D eigenvalue weighted by molar-refractivity contribution is 6.11. The fourth-order valence-corrected chi connectivity index (χ4v) is 1.99. The van der Waals surface area contributed by atoms with Crippen LogP contribution in [0.5, 0.6) is 0 Å². The number of carbonyl (C=O) groups excluding carboxylic acids is 3. The van der Waals surface area contributed by atoms with Crippen LogP contribution >= 0.6 is 0 Å². The molecule has 0 bridgehead atoms. The lowest BCUT2D eigenvalue weighted by atomic mass is 9.83. The van der Waals surface area contributed by atoms with Gasteiger partial charge in [0.1, 0.15) is 0 Å². The molecular weight excluding hydrogens is 238 g/mol. The molecule has 6 nitrogen and oxygen atoms in total. The molecule has 0 radical (unpaired) electrons. The summed E-state index contributed by atoms with van der Waals surface area (Å²) in [6.07, 6.45) is 0.0382. The van der Waals surface area contributed by atoms with E-state index in [-0.39, 0.29) is 25.5 Å². The van der Waals surface area contributed by atoms with E-state index in [0.717, 1.165) is 0 Å². The van der Waals surface area contributed by atoms with Crippen molar-refractivity contribution in [1.82, 2.24) is 5.32 Å². The van der Waals surface area contributed by atoms with Gasteiger partial charge in [-0.3, -0.25) is 4.79 Å². The Morgan fingerprint density at radius 2 is 1.61 bits per heavy atom. The van der Waals surface area contributed by atoms with Crippen molar-refractivity contribution in [1.29, 1.82) is 0 Å². The second kappa shape index (κ2) is 4.96. The van der Waals surface area contributed by atoms with E-state index < -0.39 is 22.9 Å². The summed E-state index contributed by atoms with van der Waals surface area (Å²) < 4.78 is 9.77. The van der Waals surface area contributed by atoms with E-state index >= 15 is 0 Å². The molecule has 18 heavy (non-hydrogen) atoms. The Kier molecular flexibility index (Phi) is 3.98. The number of ether oxygens (including phenoxy) is 2. The van der Waals surface area contributed by atoms with Gasteiger partial charge in [0, 0.05) is 11.8 Å². The van der Waals surface area contributed by atoms with Crippen LogP contribution in [0.3, 0.4) is 0 Å². The monoisotopic (exact) mass is 257 g/mol. The molecular formula is C12H19NO5. The van der Waals surface area contributed by atoms with Crippen molar-refractivity contribution in [3.63, 3.8) is 0 Å². The molecule has 0 saturated carbocycles. The van der Waals surface area contributed by atoms with Gasteiger partial charge in [0.15, 0.2) is 0 Å². The molecule has 0 aromatic rings. The van der Waals surface area contributed by atoms with Gasteiger partial charge < -0.3 is 14.8 Å². The normalized spacial score (nSPS) is 20.1. The van der Waals surface area contributed by atoms with Gasteiger partial charge in [0.05, 0.1) is 13.2 Å². The zero-order chi connectivity index (χ0) is 14.0. The minimum atomic E-state index is -1.70. The quantitative estimate of drug-likeness (QED) is 0.582. The Morgan fingerprint density at radius 3 is 1.89 bits per heavy atom.